The number of anilines is 1. The van der Waals surface area contributed by atoms with Gasteiger partial charge in [0.2, 0.25) is 0 Å². The summed E-state index contributed by atoms with van der Waals surface area (Å²) in [5, 5.41) is 0.377. The Kier molecular flexibility index (Phi) is 4.74. The molecule has 0 bridgehead atoms. The second-order valence-electron chi connectivity index (χ2n) is 5.41. The van der Waals surface area contributed by atoms with Crippen molar-refractivity contribution < 1.29 is 12.8 Å². The fraction of sp³-hybridized carbons (Fsp3) is 0.0556. The van der Waals surface area contributed by atoms with E-state index in [1.807, 2.05) is 0 Å². The zero-order chi connectivity index (χ0) is 18.0. The molecular weight excluding hydrogens is 363 g/mol. The first-order valence-electron chi connectivity index (χ1n) is 7.37. The number of sulfonamides is 1. The Labute approximate surface area is 150 Å². The Hall–Kier alpha value is -2.44. The fourth-order valence-corrected chi connectivity index (χ4v) is 3.85. The van der Waals surface area contributed by atoms with Gasteiger partial charge in [-0.3, -0.25) is 4.72 Å². The number of hydrogen-bond donors (Lipinski definition) is 1. The lowest BCUT2D eigenvalue weighted by Gasteiger charge is -2.11. The van der Waals surface area contributed by atoms with Gasteiger partial charge in [-0.2, -0.15) is 0 Å². The van der Waals surface area contributed by atoms with Gasteiger partial charge in [0.25, 0.3) is 10.0 Å². The monoisotopic (exact) mass is 376 g/mol. The van der Waals surface area contributed by atoms with E-state index < -0.39 is 10.0 Å². The van der Waals surface area contributed by atoms with Crippen LogP contribution in [0.2, 0.25) is 5.02 Å². The third kappa shape index (κ3) is 3.81. The molecule has 3 aromatic rings. The number of hydrogen-bond acceptors (Lipinski definition) is 3. The van der Waals surface area contributed by atoms with Gasteiger partial charge in [0.05, 0.1) is 4.90 Å². The predicted molar refractivity (Wildman–Crippen MR) is 96.6 cm³/mol. The van der Waals surface area contributed by atoms with E-state index in [4.69, 9.17) is 11.6 Å². The van der Waals surface area contributed by atoms with Gasteiger partial charge in [0.15, 0.2) is 0 Å². The van der Waals surface area contributed by atoms with E-state index in [0.29, 0.717) is 10.6 Å². The highest BCUT2D eigenvalue weighted by Gasteiger charge is 2.18. The highest BCUT2D eigenvalue weighted by Crippen LogP contribution is 2.25. The summed E-state index contributed by atoms with van der Waals surface area (Å²) in [5.41, 5.74) is 2.01. The van der Waals surface area contributed by atoms with Crippen LogP contribution in [0.25, 0.3) is 11.1 Å². The quantitative estimate of drug-likeness (QED) is 0.721. The maximum absolute atomic E-state index is 13.0. The summed E-state index contributed by atoms with van der Waals surface area (Å²) in [6.07, 6.45) is 1.52. The molecule has 2 aromatic carbocycles. The number of nitrogens with zero attached hydrogens (tertiary/aromatic N) is 1. The maximum Gasteiger partial charge on any atom is 0.263 e. The smallest absolute Gasteiger partial charge is 0.263 e. The summed E-state index contributed by atoms with van der Waals surface area (Å²) in [5.74, 6) is -0.136. The number of rotatable bonds is 4. The van der Waals surface area contributed by atoms with E-state index in [9.17, 15) is 12.8 Å². The van der Waals surface area contributed by atoms with Gasteiger partial charge in [-0.15, -0.1) is 0 Å². The SMILES string of the molecule is Cc1c(Cl)cccc1S(=O)(=O)Nc1ccc(-c2ccc(F)cc2)cn1. The lowest BCUT2D eigenvalue weighted by molar-refractivity contribution is 0.600. The van der Waals surface area contributed by atoms with Crippen LogP contribution in [0.4, 0.5) is 10.2 Å². The Morgan fingerprint density at radius 2 is 1.68 bits per heavy atom. The van der Waals surface area contributed by atoms with E-state index in [1.165, 1.54) is 24.4 Å². The van der Waals surface area contributed by atoms with Crippen molar-refractivity contribution in [2.45, 2.75) is 11.8 Å². The lowest BCUT2D eigenvalue weighted by Crippen LogP contribution is -2.15. The largest absolute Gasteiger partial charge is 0.263 e. The fourth-order valence-electron chi connectivity index (χ4n) is 2.34. The molecule has 0 saturated heterocycles. The molecule has 128 valence electrons. The van der Waals surface area contributed by atoms with Gasteiger partial charge in [-0.1, -0.05) is 29.8 Å². The van der Waals surface area contributed by atoms with Crippen molar-refractivity contribution in [1.82, 2.24) is 4.98 Å². The minimum absolute atomic E-state index is 0.101. The first kappa shape index (κ1) is 17.4. The molecule has 7 heteroatoms. The molecule has 0 fully saturated rings. The molecule has 1 N–H and O–H groups in total. The van der Waals surface area contributed by atoms with Gasteiger partial charge in [0, 0.05) is 16.8 Å². The summed E-state index contributed by atoms with van der Waals surface area (Å²) in [7, 11) is -3.80. The van der Waals surface area contributed by atoms with Crippen molar-refractivity contribution >= 4 is 27.4 Å². The van der Waals surface area contributed by atoms with Gasteiger partial charge < -0.3 is 0 Å². The molecule has 1 aromatic heterocycles. The molecular formula is C18H14ClFN2O2S. The number of halogens is 2. The van der Waals surface area contributed by atoms with E-state index >= 15 is 0 Å². The van der Waals surface area contributed by atoms with Gasteiger partial charge in [-0.05, 0) is 54.4 Å². The van der Waals surface area contributed by atoms with Crippen molar-refractivity contribution in [2.75, 3.05) is 4.72 Å². The Morgan fingerprint density at radius 1 is 1.00 bits per heavy atom. The highest BCUT2D eigenvalue weighted by molar-refractivity contribution is 7.92. The van der Waals surface area contributed by atoms with Crippen molar-refractivity contribution in [1.29, 1.82) is 0 Å². The summed E-state index contributed by atoms with van der Waals surface area (Å²) in [6, 6.07) is 13.9. The van der Waals surface area contributed by atoms with Gasteiger partial charge in [-0.25, -0.2) is 17.8 Å². The van der Waals surface area contributed by atoms with Crippen LogP contribution in [-0.2, 0) is 10.0 Å². The molecule has 0 aliphatic rings. The Morgan fingerprint density at radius 3 is 2.32 bits per heavy atom. The molecule has 0 atom stereocenters. The van der Waals surface area contributed by atoms with Crippen molar-refractivity contribution in [3.63, 3.8) is 0 Å². The molecule has 3 rings (SSSR count). The van der Waals surface area contributed by atoms with E-state index in [2.05, 4.69) is 9.71 Å². The zero-order valence-corrected chi connectivity index (χ0v) is 14.8. The zero-order valence-electron chi connectivity index (χ0n) is 13.2. The Balaban J connectivity index is 1.86. The molecule has 4 nitrogen and oxygen atoms in total. The lowest BCUT2D eigenvalue weighted by atomic mass is 10.1. The van der Waals surface area contributed by atoms with Crippen LogP contribution < -0.4 is 4.72 Å². The van der Waals surface area contributed by atoms with Crippen molar-refractivity contribution in [2.24, 2.45) is 0 Å². The molecule has 0 saturated carbocycles. The molecule has 1 heterocycles. The van der Waals surface area contributed by atoms with Crippen LogP contribution >= 0.6 is 11.6 Å². The maximum atomic E-state index is 13.0. The summed E-state index contributed by atoms with van der Waals surface area (Å²) in [4.78, 5) is 4.22. The molecule has 0 aliphatic carbocycles. The molecule has 0 amide bonds. The van der Waals surface area contributed by atoms with Crippen LogP contribution in [0.3, 0.4) is 0 Å². The molecule has 0 spiro atoms. The molecule has 0 unspecified atom stereocenters. The van der Waals surface area contributed by atoms with E-state index in [-0.39, 0.29) is 16.5 Å². The number of benzene rings is 2. The van der Waals surface area contributed by atoms with Crippen LogP contribution in [0.15, 0.2) is 65.7 Å². The number of nitrogens with one attached hydrogen (secondary N) is 1. The topological polar surface area (TPSA) is 59.1 Å². The highest BCUT2D eigenvalue weighted by atomic mass is 35.5. The normalized spacial score (nSPS) is 11.3. The second-order valence-corrected chi connectivity index (χ2v) is 7.47. The van der Waals surface area contributed by atoms with Gasteiger partial charge in [0.1, 0.15) is 11.6 Å². The summed E-state index contributed by atoms with van der Waals surface area (Å²) >= 11 is 5.99. The van der Waals surface area contributed by atoms with Crippen LogP contribution in [0.5, 0.6) is 0 Å². The average molecular weight is 377 g/mol. The molecule has 25 heavy (non-hydrogen) atoms. The number of aromatic nitrogens is 1. The first-order valence-corrected chi connectivity index (χ1v) is 9.23. The van der Waals surface area contributed by atoms with Crippen molar-refractivity contribution in [3.8, 4) is 11.1 Å². The third-order valence-electron chi connectivity index (χ3n) is 3.69. The van der Waals surface area contributed by atoms with Gasteiger partial charge >= 0.3 is 0 Å². The summed E-state index contributed by atoms with van der Waals surface area (Å²) < 4.78 is 40.4. The first-order chi connectivity index (χ1) is 11.9. The minimum Gasteiger partial charge on any atom is -0.263 e. The predicted octanol–water partition coefficient (Wildman–Crippen LogP) is 4.65. The van der Waals surface area contributed by atoms with E-state index in [1.54, 1.807) is 43.3 Å². The summed E-state index contributed by atoms with van der Waals surface area (Å²) in [6.45, 7) is 1.64. The standard InChI is InChI=1S/C18H14ClFN2O2S/c1-12-16(19)3-2-4-17(12)25(23,24)22-18-10-7-14(11-21-18)13-5-8-15(20)9-6-13/h2-11H,1H3,(H,21,22). The van der Waals surface area contributed by atoms with E-state index in [0.717, 1.165) is 11.1 Å². The van der Waals surface area contributed by atoms with Crippen LogP contribution in [0, 0.1) is 12.7 Å². The molecule has 0 aliphatic heterocycles. The average Bonchev–Trinajstić information content (AvgIpc) is 2.58. The minimum atomic E-state index is -3.80. The second kappa shape index (κ2) is 6.82. The van der Waals surface area contributed by atoms with Crippen LogP contribution in [-0.4, -0.2) is 13.4 Å². The van der Waals surface area contributed by atoms with Crippen LogP contribution in [0.1, 0.15) is 5.56 Å². The Bertz CT molecular complexity index is 1000. The molecule has 0 radical (unpaired) electrons. The number of pyridine rings is 1. The van der Waals surface area contributed by atoms with Crippen molar-refractivity contribution in [3.05, 3.63) is 77.2 Å². The third-order valence-corrected chi connectivity index (χ3v) is 5.60.